The Morgan fingerprint density at radius 2 is 1.46 bits per heavy atom. The Hall–Kier alpha value is -2.46. The van der Waals surface area contributed by atoms with Crippen molar-refractivity contribution in [1.29, 1.82) is 0 Å². The molecule has 2 atom stereocenters. The first-order chi connectivity index (χ1) is 13.2. The van der Waals surface area contributed by atoms with Crippen LogP contribution < -0.4 is 10.6 Å². The second-order valence-electron chi connectivity index (χ2n) is 7.57. The van der Waals surface area contributed by atoms with Gasteiger partial charge in [0.25, 0.3) is 0 Å². The van der Waals surface area contributed by atoms with Crippen molar-refractivity contribution in [2.75, 3.05) is 10.6 Å². The van der Waals surface area contributed by atoms with Gasteiger partial charge in [-0.1, -0.05) is 0 Å². The molecule has 4 rings (SSSR count). The lowest BCUT2D eigenvalue weighted by molar-refractivity contribution is 0.00781. The van der Waals surface area contributed by atoms with Gasteiger partial charge >= 0.3 is 0 Å². The lowest BCUT2D eigenvalue weighted by Crippen LogP contribution is -2.23. The van der Waals surface area contributed by atoms with Crippen molar-refractivity contribution in [3.05, 3.63) is 12.0 Å². The van der Waals surface area contributed by atoms with Gasteiger partial charge in [0, 0.05) is 37.8 Å². The Morgan fingerprint density at radius 1 is 0.929 bits per heavy atom. The summed E-state index contributed by atoms with van der Waals surface area (Å²) in [6.07, 6.45) is 1.17. The number of aromatic nitrogens is 5. The Bertz CT molecular complexity index is 808. The average molecular weight is 399 g/mol. The van der Waals surface area contributed by atoms with Crippen molar-refractivity contribution < 1.29 is 17.6 Å². The molecule has 0 aliphatic heterocycles. The van der Waals surface area contributed by atoms with E-state index in [1.165, 1.54) is 0 Å². The smallest absolute Gasteiger partial charge is 0.250 e. The van der Waals surface area contributed by atoms with Crippen LogP contribution in [0.25, 0.3) is 11.5 Å². The summed E-state index contributed by atoms with van der Waals surface area (Å²) in [5.74, 6) is -4.23. The van der Waals surface area contributed by atoms with E-state index in [1.54, 1.807) is 13.1 Å². The normalized spacial score (nSPS) is 25.8. The molecule has 11 heteroatoms. The highest BCUT2D eigenvalue weighted by atomic mass is 19.3. The summed E-state index contributed by atoms with van der Waals surface area (Å²) in [4.78, 5) is 19.9. The molecule has 0 amide bonds. The fourth-order valence-corrected chi connectivity index (χ4v) is 3.67. The van der Waals surface area contributed by atoms with Gasteiger partial charge in [0.1, 0.15) is 11.5 Å². The van der Waals surface area contributed by atoms with Gasteiger partial charge in [-0.15, -0.1) is 0 Å². The topological polar surface area (TPSA) is 91.4 Å². The minimum absolute atomic E-state index is 0.132. The zero-order chi connectivity index (χ0) is 19.9. The molecule has 28 heavy (non-hydrogen) atoms. The van der Waals surface area contributed by atoms with Crippen molar-refractivity contribution >= 4 is 11.9 Å². The van der Waals surface area contributed by atoms with E-state index in [0.29, 0.717) is 24.4 Å². The molecule has 0 spiro atoms. The third-order valence-electron chi connectivity index (χ3n) is 5.05. The van der Waals surface area contributed by atoms with E-state index < -0.39 is 23.9 Å². The van der Waals surface area contributed by atoms with E-state index in [-0.39, 0.29) is 43.4 Å². The first kappa shape index (κ1) is 18.9. The predicted octanol–water partition coefficient (Wildman–Crippen LogP) is 3.77. The number of hydrogen-bond acceptors (Lipinski definition) is 6. The van der Waals surface area contributed by atoms with E-state index in [4.69, 9.17) is 0 Å². The summed E-state index contributed by atoms with van der Waals surface area (Å²) in [7, 11) is 0. The van der Waals surface area contributed by atoms with Gasteiger partial charge in [-0.3, -0.25) is 0 Å². The minimum atomic E-state index is -2.70. The maximum atomic E-state index is 13.5. The monoisotopic (exact) mass is 399 g/mol. The maximum Gasteiger partial charge on any atom is 0.250 e. The van der Waals surface area contributed by atoms with Crippen molar-refractivity contribution in [3.63, 3.8) is 0 Å². The molecule has 0 saturated heterocycles. The predicted molar refractivity (Wildman–Crippen MR) is 94.6 cm³/mol. The fraction of sp³-hybridized carbons (Fsp3) is 0.647. The number of nitrogens with one attached hydrogen (secondary N) is 3. The summed E-state index contributed by atoms with van der Waals surface area (Å²) >= 11 is 0. The number of H-pyrrole nitrogens is 1. The van der Waals surface area contributed by atoms with Crippen LogP contribution in [0.5, 0.6) is 0 Å². The molecule has 2 heterocycles. The summed E-state index contributed by atoms with van der Waals surface area (Å²) < 4.78 is 53.9. The molecule has 3 N–H and O–H groups in total. The van der Waals surface area contributed by atoms with Crippen LogP contribution in [-0.4, -0.2) is 48.8 Å². The Morgan fingerprint density at radius 3 is 1.86 bits per heavy atom. The number of aryl methyl sites for hydroxylation is 1. The minimum Gasteiger partial charge on any atom is -0.351 e. The van der Waals surface area contributed by atoms with Crippen molar-refractivity contribution in [2.24, 2.45) is 0 Å². The Balaban J connectivity index is 1.58. The summed E-state index contributed by atoms with van der Waals surface area (Å²) in [5.41, 5.74) is 0.527. The lowest BCUT2D eigenvalue weighted by Gasteiger charge is -2.16. The van der Waals surface area contributed by atoms with Crippen LogP contribution in [0.3, 0.4) is 0 Å². The number of nitrogens with zero attached hydrogens (tertiary/aromatic N) is 4. The van der Waals surface area contributed by atoms with Crippen molar-refractivity contribution in [2.45, 2.75) is 69.4 Å². The van der Waals surface area contributed by atoms with Crippen LogP contribution >= 0.6 is 0 Å². The number of rotatable bonds is 5. The summed E-state index contributed by atoms with van der Waals surface area (Å²) in [5, 5.41) is 5.86. The number of halogens is 4. The molecule has 0 radical (unpaired) electrons. The number of hydrogen-bond donors (Lipinski definition) is 3. The van der Waals surface area contributed by atoms with Gasteiger partial charge < -0.3 is 15.6 Å². The van der Waals surface area contributed by atoms with Crippen LogP contribution in [0.1, 0.15) is 44.3 Å². The first-order valence-electron chi connectivity index (χ1n) is 9.24. The van der Waals surface area contributed by atoms with E-state index >= 15 is 0 Å². The molecule has 2 aromatic heterocycles. The van der Waals surface area contributed by atoms with Crippen LogP contribution in [-0.2, 0) is 0 Å². The van der Waals surface area contributed by atoms with Crippen LogP contribution in [0, 0.1) is 6.92 Å². The highest BCUT2D eigenvalue weighted by Gasteiger charge is 2.41. The molecular formula is C17H21F4N7. The molecule has 2 aromatic rings. The molecule has 7 nitrogen and oxygen atoms in total. The van der Waals surface area contributed by atoms with Gasteiger partial charge in [-0.05, 0) is 19.8 Å². The van der Waals surface area contributed by atoms with Crippen molar-refractivity contribution in [3.8, 4) is 11.5 Å². The van der Waals surface area contributed by atoms with Crippen LogP contribution in [0.2, 0.25) is 0 Å². The third-order valence-corrected chi connectivity index (χ3v) is 5.05. The standard InChI is InChI=1S/C17H21F4N7/c1-9-22-8-12(23-9)13-26-14(24-10-2-4-16(18,19)6-10)28-15(27-13)25-11-3-5-17(20,21)7-11/h8,10-11H,2-7H2,1H3,(H,22,23)(H2,24,25,26,27,28). The SMILES string of the molecule is Cc1ncc(-c2nc(NC3CCC(F)(F)C3)nc(NC3CCC(F)(F)C3)n2)[nH]1. The number of alkyl halides is 4. The number of aromatic amines is 1. The van der Waals surface area contributed by atoms with Gasteiger partial charge in [0.2, 0.25) is 23.7 Å². The van der Waals surface area contributed by atoms with Gasteiger partial charge in [0.15, 0.2) is 5.82 Å². The summed E-state index contributed by atoms with van der Waals surface area (Å²) in [6, 6.07) is -0.921. The van der Waals surface area contributed by atoms with E-state index in [0.717, 1.165) is 0 Å². The lowest BCUT2D eigenvalue weighted by atomic mass is 10.2. The molecule has 2 aliphatic rings. The number of anilines is 2. The maximum absolute atomic E-state index is 13.5. The molecule has 2 unspecified atom stereocenters. The Labute approximate surface area is 158 Å². The molecule has 2 fully saturated rings. The molecule has 2 saturated carbocycles. The Kier molecular flexibility index (Phi) is 4.62. The van der Waals surface area contributed by atoms with Crippen LogP contribution in [0.15, 0.2) is 6.20 Å². The van der Waals surface area contributed by atoms with E-state index in [9.17, 15) is 17.6 Å². The largest absolute Gasteiger partial charge is 0.351 e. The fourth-order valence-electron chi connectivity index (χ4n) is 3.67. The van der Waals surface area contributed by atoms with Gasteiger partial charge in [0.05, 0.1) is 6.20 Å². The second-order valence-corrected chi connectivity index (χ2v) is 7.57. The second kappa shape index (κ2) is 6.85. The third kappa shape index (κ3) is 4.33. The summed E-state index contributed by atoms with van der Waals surface area (Å²) in [6.45, 7) is 1.77. The highest BCUT2D eigenvalue weighted by molar-refractivity contribution is 5.53. The van der Waals surface area contributed by atoms with E-state index in [1.807, 2.05) is 0 Å². The molecular weight excluding hydrogens is 378 g/mol. The molecule has 152 valence electrons. The zero-order valence-electron chi connectivity index (χ0n) is 15.3. The molecule has 2 aliphatic carbocycles. The van der Waals surface area contributed by atoms with Crippen LogP contribution in [0.4, 0.5) is 29.5 Å². The van der Waals surface area contributed by atoms with Crippen molar-refractivity contribution in [1.82, 2.24) is 24.9 Å². The van der Waals surface area contributed by atoms with Gasteiger partial charge in [-0.2, -0.15) is 15.0 Å². The van der Waals surface area contributed by atoms with E-state index in [2.05, 4.69) is 35.6 Å². The average Bonchev–Trinajstić information content (AvgIpc) is 3.26. The molecule has 0 aromatic carbocycles. The van der Waals surface area contributed by atoms with Gasteiger partial charge in [-0.25, -0.2) is 22.5 Å². The highest BCUT2D eigenvalue weighted by Crippen LogP contribution is 2.37. The molecule has 0 bridgehead atoms. The number of imidazole rings is 1. The quantitative estimate of drug-likeness (QED) is 0.663. The first-order valence-corrected chi connectivity index (χ1v) is 9.24. The zero-order valence-corrected chi connectivity index (χ0v) is 15.3.